The Balaban J connectivity index is 1.57. The van der Waals surface area contributed by atoms with Gasteiger partial charge < -0.3 is 29.6 Å². The number of carbonyl (C=O) groups excluding carboxylic acids is 1. The fourth-order valence-electron chi connectivity index (χ4n) is 7.03. The largest absolute Gasteiger partial charge is 0.504 e. The van der Waals surface area contributed by atoms with Crippen molar-refractivity contribution in [3.8, 4) is 11.5 Å². The van der Waals surface area contributed by atoms with Crippen molar-refractivity contribution in [3.05, 3.63) is 23.3 Å². The molecular formula is C21H26NO6+. The van der Waals surface area contributed by atoms with Crippen LogP contribution >= 0.6 is 0 Å². The summed E-state index contributed by atoms with van der Waals surface area (Å²) in [5, 5.41) is 43.0. The standard InChI is InChI=1S/C21H25NO6/c1-22(9-11-6-13(11)24)5-4-20-16-10-2-3-12(23)18(16)28-19(20)17(26)14(25)8-21(20,27)15(22)7-10/h2-3,11,13-15,19,24-25,27H,4-9H2,1H3/p+1/t11?,13?,14?,15-,19-,20-,21+,22+/m0/s1. The molecule has 150 valence electrons. The number of Topliss-reactive ketones (excluding diaryl/α,β-unsaturated/α-hetero) is 1. The number of likely N-dealkylation sites (N-methyl/N-ethyl adjacent to an activating group) is 1. The van der Waals surface area contributed by atoms with Crippen LogP contribution in [0.25, 0.3) is 0 Å². The molecule has 0 amide bonds. The molecule has 3 aliphatic carbocycles. The first-order chi connectivity index (χ1) is 13.2. The Labute approximate surface area is 162 Å². The second-order valence-electron chi connectivity index (χ2n) is 9.88. The number of phenols is 1. The number of likely N-dealkylation sites (tertiary alicyclic amines) is 1. The van der Waals surface area contributed by atoms with Crippen LogP contribution in [0.2, 0.25) is 0 Å². The Morgan fingerprint density at radius 2 is 2.07 bits per heavy atom. The van der Waals surface area contributed by atoms with Crippen LogP contribution in [0.5, 0.6) is 11.5 Å². The minimum absolute atomic E-state index is 0.00798. The summed E-state index contributed by atoms with van der Waals surface area (Å²) in [5.41, 5.74) is -0.442. The fourth-order valence-corrected chi connectivity index (χ4v) is 7.03. The number of nitrogens with zero attached hydrogens (tertiary/aromatic N) is 1. The number of rotatable bonds is 2. The van der Waals surface area contributed by atoms with Crippen LogP contribution in [-0.4, -0.2) is 80.8 Å². The van der Waals surface area contributed by atoms with Gasteiger partial charge in [0.05, 0.1) is 31.7 Å². The van der Waals surface area contributed by atoms with E-state index in [1.807, 2.05) is 6.07 Å². The second-order valence-corrected chi connectivity index (χ2v) is 9.88. The number of aliphatic hydroxyl groups is 3. The Bertz CT molecular complexity index is 918. The molecule has 2 saturated carbocycles. The first kappa shape index (κ1) is 17.2. The summed E-state index contributed by atoms with van der Waals surface area (Å²) in [6.45, 7) is 1.54. The van der Waals surface area contributed by atoms with Gasteiger partial charge in [-0.05, 0) is 18.1 Å². The van der Waals surface area contributed by atoms with Crippen molar-refractivity contribution < 1.29 is 34.4 Å². The van der Waals surface area contributed by atoms with Crippen LogP contribution in [-0.2, 0) is 16.6 Å². The van der Waals surface area contributed by atoms with E-state index in [9.17, 15) is 25.2 Å². The van der Waals surface area contributed by atoms with Crippen LogP contribution in [0.3, 0.4) is 0 Å². The first-order valence-corrected chi connectivity index (χ1v) is 10.2. The van der Waals surface area contributed by atoms with Crippen molar-refractivity contribution in [1.82, 2.24) is 0 Å². The third-order valence-corrected chi connectivity index (χ3v) is 8.49. The van der Waals surface area contributed by atoms with E-state index in [1.165, 1.54) is 0 Å². The molecule has 1 aromatic carbocycles. The average molecular weight is 388 g/mol. The van der Waals surface area contributed by atoms with E-state index in [-0.39, 0.29) is 30.2 Å². The van der Waals surface area contributed by atoms with E-state index in [0.717, 1.165) is 30.6 Å². The highest BCUT2D eigenvalue weighted by atomic mass is 16.5. The molecule has 7 heteroatoms. The van der Waals surface area contributed by atoms with Crippen molar-refractivity contribution >= 4 is 5.78 Å². The highest BCUT2D eigenvalue weighted by Crippen LogP contribution is 2.65. The zero-order chi connectivity index (χ0) is 19.6. The number of aliphatic hydroxyl groups excluding tert-OH is 2. The molecule has 2 aliphatic heterocycles. The van der Waals surface area contributed by atoms with Crippen molar-refractivity contribution in [1.29, 1.82) is 0 Å². The van der Waals surface area contributed by atoms with E-state index in [0.29, 0.717) is 23.1 Å². The Hall–Kier alpha value is -1.67. The van der Waals surface area contributed by atoms with Gasteiger partial charge in [0.1, 0.15) is 17.7 Å². The van der Waals surface area contributed by atoms with Crippen LogP contribution in [0.4, 0.5) is 0 Å². The fraction of sp³-hybridized carbons (Fsp3) is 0.667. The number of hydrogen-bond donors (Lipinski definition) is 4. The maximum atomic E-state index is 12.9. The van der Waals surface area contributed by atoms with Crippen LogP contribution in [0, 0.1) is 5.92 Å². The van der Waals surface area contributed by atoms with E-state index >= 15 is 0 Å². The number of quaternary nitrogens is 1. The van der Waals surface area contributed by atoms with Crippen LogP contribution < -0.4 is 4.74 Å². The normalized spacial score (nSPS) is 50.1. The van der Waals surface area contributed by atoms with Crippen LogP contribution in [0.1, 0.15) is 30.4 Å². The summed E-state index contributed by atoms with van der Waals surface area (Å²) in [6, 6.07) is 3.27. The van der Waals surface area contributed by atoms with Gasteiger partial charge in [-0.1, -0.05) is 6.07 Å². The molecule has 6 rings (SSSR count). The van der Waals surface area contributed by atoms with E-state index in [4.69, 9.17) is 4.74 Å². The van der Waals surface area contributed by atoms with Gasteiger partial charge in [-0.15, -0.1) is 0 Å². The second kappa shape index (κ2) is 4.90. The number of phenolic OH excluding ortho intramolecular Hbond substituents is 1. The van der Waals surface area contributed by atoms with Gasteiger partial charge >= 0.3 is 0 Å². The molecule has 28 heavy (non-hydrogen) atoms. The molecule has 1 saturated heterocycles. The first-order valence-electron chi connectivity index (χ1n) is 10.2. The van der Waals surface area contributed by atoms with Crippen LogP contribution in [0.15, 0.2) is 12.1 Å². The van der Waals surface area contributed by atoms with Gasteiger partial charge in [0.15, 0.2) is 17.6 Å². The molecule has 3 unspecified atom stereocenters. The molecule has 2 heterocycles. The minimum Gasteiger partial charge on any atom is -0.504 e. The van der Waals surface area contributed by atoms with Gasteiger partial charge in [-0.3, -0.25) is 4.79 Å². The number of benzene rings is 1. The minimum atomic E-state index is -1.30. The lowest BCUT2D eigenvalue weighted by Crippen LogP contribution is -2.82. The molecule has 1 spiro atoms. The van der Waals surface area contributed by atoms with E-state index < -0.39 is 29.0 Å². The molecule has 2 bridgehead atoms. The summed E-state index contributed by atoms with van der Waals surface area (Å²) in [4.78, 5) is 12.9. The lowest BCUT2D eigenvalue weighted by molar-refractivity contribution is -0.950. The number of ether oxygens (including phenoxy) is 1. The van der Waals surface area contributed by atoms with Gasteiger partial charge in [0.25, 0.3) is 0 Å². The number of hydrogen-bond acceptors (Lipinski definition) is 6. The van der Waals surface area contributed by atoms with Gasteiger partial charge in [-0.2, -0.15) is 0 Å². The Morgan fingerprint density at radius 1 is 1.32 bits per heavy atom. The molecule has 3 fully saturated rings. The van der Waals surface area contributed by atoms with E-state index in [1.54, 1.807) is 6.07 Å². The maximum absolute atomic E-state index is 12.9. The lowest BCUT2D eigenvalue weighted by atomic mass is 9.48. The highest BCUT2D eigenvalue weighted by molar-refractivity contribution is 5.93. The summed E-state index contributed by atoms with van der Waals surface area (Å²) < 4.78 is 6.58. The van der Waals surface area contributed by atoms with E-state index in [2.05, 4.69) is 7.05 Å². The number of piperidine rings is 1. The molecule has 0 radical (unpaired) electrons. The summed E-state index contributed by atoms with van der Waals surface area (Å²) >= 11 is 0. The number of carbonyl (C=O) groups is 1. The quantitative estimate of drug-likeness (QED) is 0.514. The van der Waals surface area contributed by atoms with Crippen molar-refractivity contribution in [2.45, 2.75) is 61.1 Å². The molecule has 4 N–H and O–H groups in total. The van der Waals surface area contributed by atoms with Gasteiger partial charge in [0, 0.05) is 30.7 Å². The number of aromatic hydroxyl groups is 1. The Kier molecular flexibility index (Phi) is 3.01. The summed E-state index contributed by atoms with van der Waals surface area (Å²) in [5.74, 6) is 0.121. The predicted molar refractivity (Wildman–Crippen MR) is 96.9 cm³/mol. The monoisotopic (exact) mass is 388 g/mol. The molecule has 0 aromatic heterocycles. The van der Waals surface area contributed by atoms with Crippen molar-refractivity contribution in [2.75, 3.05) is 20.1 Å². The van der Waals surface area contributed by atoms with Crippen molar-refractivity contribution in [3.63, 3.8) is 0 Å². The van der Waals surface area contributed by atoms with Crippen molar-refractivity contribution in [2.24, 2.45) is 5.92 Å². The highest BCUT2D eigenvalue weighted by Gasteiger charge is 2.78. The molecular weight excluding hydrogens is 362 g/mol. The molecule has 8 atom stereocenters. The Morgan fingerprint density at radius 3 is 2.79 bits per heavy atom. The molecule has 5 aliphatic rings. The third kappa shape index (κ3) is 1.74. The third-order valence-electron chi connectivity index (χ3n) is 8.49. The smallest absolute Gasteiger partial charge is 0.202 e. The zero-order valence-corrected chi connectivity index (χ0v) is 15.8. The van der Waals surface area contributed by atoms with Gasteiger partial charge in [0.2, 0.25) is 5.78 Å². The SMILES string of the molecule is C[N@+]1(CC2CC2O)CC[C@]23c4c5ccc(O)c4O[C@H]2C(=O)C(O)C[C@@]3(O)[C@@H]1C5. The zero-order valence-electron chi connectivity index (χ0n) is 15.8. The predicted octanol–water partition coefficient (Wildman–Crippen LogP) is -0.388. The average Bonchev–Trinajstić information content (AvgIpc) is 3.18. The summed E-state index contributed by atoms with van der Waals surface area (Å²) in [7, 11) is 2.13. The summed E-state index contributed by atoms with van der Waals surface area (Å²) in [6.07, 6.45) is -0.574. The topological polar surface area (TPSA) is 107 Å². The molecule has 1 aromatic rings. The van der Waals surface area contributed by atoms with Gasteiger partial charge in [-0.25, -0.2) is 0 Å². The lowest BCUT2D eigenvalue weighted by Gasteiger charge is -2.64. The number of ketones is 1. The molecule has 7 nitrogen and oxygen atoms in total. The maximum Gasteiger partial charge on any atom is 0.202 e.